The third kappa shape index (κ3) is 3.60. The van der Waals surface area contributed by atoms with E-state index in [9.17, 15) is 17.6 Å². The normalized spacial score (nSPS) is 19.1. The molecule has 1 aliphatic heterocycles. The van der Waals surface area contributed by atoms with E-state index in [0.717, 1.165) is 12.1 Å². The van der Waals surface area contributed by atoms with Crippen LogP contribution >= 0.6 is 11.3 Å². The van der Waals surface area contributed by atoms with Gasteiger partial charge < -0.3 is 5.32 Å². The molecule has 3 rings (SSSR count). The molecule has 0 radical (unpaired) electrons. The molecule has 24 heavy (non-hydrogen) atoms. The molecule has 1 fully saturated rings. The van der Waals surface area contributed by atoms with Gasteiger partial charge in [-0.15, -0.1) is 10.2 Å². The first-order chi connectivity index (χ1) is 11.5. The van der Waals surface area contributed by atoms with Crippen molar-refractivity contribution >= 4 is 32.4 Å². The molecule has 1 amide bonds. The number of carbonyl (C=O) groups is 1. The summed E-state index contributed by atoms with van der Waals surface area (Å²) in [7, 11) is -3.75. The average molecular weight is 370 g/mol. The molecule has 128 valence electrons. The number of piperidine rings is 1. The van der Waals surface area contributed by atoms with Crippen LogP contribution in [0.2, 0.25) is 0 Å². The fourth-order valence-corrected chi connectivity index (χ4v) is 4.54. The van der Waals surface area contributed by atoms with Crippen molar-refractivity contribution in [1.29, 1.82) is 0 Å². The number of hydrogen-bond donors (Lipinski definition) is 1. The summed E-state index contributed by atoms with van der Waals surface area (Å²) in [5.74, 6) is -1.23. The van der Waals surface area contributed by atoms with Gasteiger partial charge in [0, 0.05) is 13.1 Å². The van der Waals surface area contributed by atoms with E-state index in [1.807, 2.05) is 0 Å². The molecule has 10 heteroatoms. The minimum Gasteiger partial charge on any atom is -0.300 e. The quantitative estimate of drug-likeness (QED) is 0.885. The zero-order valence-corrected chi connectivity index (χ0v) is 14.2. The van der Waals surface area contributed by atoms with Crippen molar-refractivity contribution in [2.24, 2.45) is 5.92 Å². The first kappa shape index (κ1) is 16.9. The van der Waals surface area contributed by atoms with Gasteiger partial charge in [0.2, 0.25) is 21.1 Å². The Balaban J connectivity index is 1.72. The molecule has 1 N–H and O–H groups in total. The highest BCUT2D eigenvalue weighted by atomic mass is 32.2. The second-order valence-corrected chi connectivity index (χ2v) is 8.16. The van der Waals surface area contributed by atoms with Crippen LogP contribution in [0.25, 0.3) is 0 Å². The summed E-state index contributed by atoms with van der Waals surface area (Å²) >= 11 is 1.20. The van der Waals surface area contributed by atoms with E-state index < -0.39 is 21.8 Å². The Labute approximate surface area is 142 Å². The van der Waals surface area contributed by atoms with Crippen molar-refractivity contribution in [3.8, 4) is 0 Å². The fourth-order valence-electron chi connectivity index (χ4n) is 2.57. The summed E-state index contributed by atoms with van der Waals surface area (Å²) in [5, 5.41) is 10.4. The van der Waals surface area contributed by atoms with E-state index in [0.29, 0.717) is 24.5 Å². The number of halogens is 1. The minimum absolute atomic E-state index is 0.0223. The van der Waals surface area contributed by atoms with Crippen LogP contribution in [0.1, 0.15) is 12.8 Å². The Morgan fingerprint density at radius 3 is 2.75 bits per heavy atom. The van der Waals surface area contributed by atoms with Gasteiger partial charge in [0.05, 0.1) is 10.8 Å². The molecule has 1 aromatic carbocycles. The highest BCUT2D eigenvalue weighted by molar-refractivity contribution is 7.89. The molecular weight excluding hydrogens is 355 g/mol. The van der Waals surface area contributed by atoms with E-state index in [1.165, 1.54) is 33.3 Å². The Bertz CT molecular complexity index is 809. The standard InChI is InChI=1S/C14H15FN4O3S2/c15-11-3-5-12(6-4-11)24(21,22)19-7-1-2-10(8-19)13(20)17-14-18-16-9-23-14/h3-6,9-10H,1-2,7-8H2,(H,17,18,20). The topological polar surface area (TPSA) is 92.3 Å². The third-order valence-corrected chi connectivity index (χ3v) is 6.28. The van der Waals surface area contributed by atoms with Gasteiger partial charge >= 0.3 is 0 Å². The van der Waals surface area contributed by atoms with Crippen LogP contribution in [-0.4, -0.2) is 41.9 Å². The van der Waals surface area contributed by atoms with Gasteiger partial charge in [0.15, 0.2) is 0 Å². The lowest BCUT2D eigenvalue weighted by atomic mass is 9.99. The van der Waals surface area contributed by atoms with Crippen molar-refractivity contribution in [3.63, 3.8) is 0 Å². The molecule has 7 nitrogen and oxygen atoms in total. The minimum atomic E-state index is -3.75. The second kappa shape index (κ2) is 6.91. The molecule has 2 heterocycles. The Morgan fingerprint density at radius 2 is 2.08 bits per heavy atom. The third-order valence-electron chi connectivity index (χ3n) is 3.80. The Morgan fingerprint density at radius 1 is 1.33 bits per heavy atom. The predicted molar refractivity (Wildman–Crippen MR) is 86.4 cm³/mol. The number of benzene rings is 1. The smallest absolute Gasteiger partial charge is 0.243 e. The second-order valence-electron chi connectivity index (χ2n) is 5.39. The SMILES string of the molecule is O=C(Nc1nncs1)C1CCCN(S(=O)(=O)c2ccc(F)cc2)C1. The van der Waals surface area contributed by atoms with Crippen LogP contribution in [0.15, 0.2) is 34.7 Å². The van der Waals surface area contributed by atoms with Crippen LogP contribution in [0.5, 0.6) is 0 Å². The van der Waals surface area contributed by atoms with Gasteiger partial charge in [0.1, 0.15) is 11.3 Å². The summed E-state index contributed by atoms with van der Waals surface area (Å²) in [6.45, 7) is 0.423. The molecule has 1 aromatic heterocycles. The fraction of sp³-hybridized carbons (Fsp3) is 0.357. The van der Waals surface area contributed by atoms with Crippen LogP contribution in [0.3, 0.4) is 0 Å². The summed E-state index contributed by atoms with van der Waals surface area (Å²) in [4.78, 5) is 12.3. The van der Waals surface area contributed by atoms with E-state index in [4.69, 9.17) is 0 Å². The lowest BCUT2D eigenvalue weighted by Gasteiger charge is -2.31. The molecule has 1 saturated heterocycles. The number of carbonyl (C=O) groups excluding carboxylic acids is 1. The summed E-state index contributed by atoms with van der Waals surface area (Å²) in [6, 6.07) is 4.68. The molecule has 1 atom stereocenters. The van der Waals surface area contributed by atoms with Gasteiger partial charge in [-0.05, 0) is 37.1 Å². The molecule has 1 unspecified atom stereocenters. The number of anilines is 1. The maximum atomic E-state index is 13.0. The number of sulfonamides is 1. The molecule has 2 aromatic rings. The van der Waals surface area contributed by atoms with Crippen molar-refractivity contribution in [2.75, 3.05) is 18.4 Å². The van der Waals surface area contributed by atoms with Gasteiger partial charge in [0.25, 0.3) is 0 Å². The molecule has 1 aliphatic rings. The van der Waals surface area contributed by atoms with Gasteiger partial charge in [-0.25, -0.2) is 12.8 Å². The van der Waals surface area contributed by atoms with Crippen LogP contribution in [0, 0.1) is 11.7 Å². The van der Waals surface area contributed by atoms with Crippen LogP contribution in [0.4, 0.5) is 9.52 Å². The highest BCUT2D eigenvalue weighted by Gasteiger charge is 2.33. The van der Waals surface area contributed by atoms with E-state index in [1.54, 1.807) is 0 Å². The summed E-state index contributed by atoms with van der Waals surface area (Å²) in [5.41, 5.74) is 1.50. The first-order valence-corrected chi connectivity index (χ1v) is 9.61. The van der Waals surface area contributed by atoms with Crippen LogP contribution < -0.4 is 5.32 Å². The van der Waals surface area contributed by atoms with Gasteiger partial charge in [-0.1, -0.05) is 11.3 Å². The zero-order chi connectivity index (χ0) is 17.2. The number of nitrogens with zero attached hydrogens (tertiary/aromatic N) is 3. The largest absolute Gasteiger partial charge is 0.300 e. The lowest BCUT2D eigenvalue weighted by Crippen LogP contribution is -2.43. The molecule has 0 bridgehead atoms. The number of aromatic nitrogens is 2. The summed E-state index contributed by atoms with van der Waals surface area (Å²) in [6.07, 6.45) is 1.18. The summed E-state index contributed by atoms with van der Waals surface area (Å²) < 4.78 is 39.5. The van der Waals surface area contributed by atoms with Crippen molar-refractivity contribution in [2.45, 2.75) is 17.7 Å². The van der Waals surface area contributed by atoms with Crippen molar-refractivity contribution in [1.82, 2.24) is 14.5 Å². The first-order valence-electron chi connectivity index (χ1n) is 7.29. The maximum Gasteiger partial charge on any atom is 0.243 e. The molecule has 0 spiro atoms. The van der Waals surface area contributed by atoms with Crippen molar-refractivity contribution in [3.05, 3.63) is 35.6 Å². The number of hydrogen-bond acceptors (Lipinski definition) is 6. The molecule has 0 aliphatic carbocycles. The molecular formula is C14H15FN4O3S2. The monoisotopic (exact) mass is 370 g/mol. The highest BCUT2D eigenvalue weighted by Crippen LogP contribution is 2.25. The molecule has 0 saturated carbocycles. The van der Waals surface area contributed by atoms with E-state index in [2.05, 4.69) is 15.5 Å². The van der Waals surface area contributed by atoms with Gasteiger partial charge in [-0.2, -0.15) is 4.31 Å². The average Bonchev–Trinajstić information content (AvgIpc) is 3.08. The zero-order valence-electron chi connectivity index (χ0n) is 12.6. The maximum absolute atomic E-state index is 13.0. The Hall–Kier alpha value is -1.91. The predicted octanol–water partition coefficient (Wildman–Crippen LogP) is 1.72. The van der Waals surface area contributed by atoms with E-state index >= 15 is 0 Å². The van der Waals surface area contributed by atoms with E-state index in [-0.39, 0.29) is 17.3 Å². The number of amides is 1. The van der Waals surface area contributed by atoms with Crippen molar-refractivity contribution < 1.29 is 17.6 Å². The van der Waals surface area contributed by atoms with Crippen LogP contribution in [-0.2, 0) is 14.8 Å². The lowest BCUT2D eigenvalue weighted by molar-refractivity contribution is -0.120. The Kier molecular flexibility index (Phi) is 4.88. The number of nitrogens with one attached hydrogen (secondary N) is 1. The number of rotatable bonds is 4. The van der Waals surface area contributed by atoms with Gasteiger partial charge in [-0.3, -0.25) is 4.79 Å².